The standard InChI is InChI=1S/C14H11N3/c1-2-5-10-9(4-1)8-11-13(10)16-17-14(11)12-6-3-7-15-12/h1-7,13,15H,8H2. The van der Waals surface area contributed by atoms with Crippen LogP contribution in [0.25, 0.3) is 5.70 Å². The van der Waals surface area contributed by atoms with Crippen LogP contribution in [0.1, 0.15) is 22.9 Å². The molecule has 1 aliphatic heterocycles. The van der Waals surface area contributed by atoms with Gasteiger partial charge in [0.2, 0.25) is 0 Å². The van der Waals surface area contributed by atoms with E-state index in [4.69, 9.17) is 0 Å². The van der Waals surface area contributed by atoms with Crippen molar-refractivity contribution in [3.05, 3.63) is 65.0 Å². The molecule has 1 aromatic carbocycles. The molecule has 0 amide bonds. The maximum Gasteiger partial charge on any atom is 0.120 e. The summed E-state index contributed by atoms with van der Waals surface area (Å²) in [5.74, 6) is 0. The summed E-state index contributed by atoms with van der Waals surface area (Å²) in [6, 6.07) is 12.7. The van der Waals surface area contributed by atoms with Crippen LogP contribution in [0.5, 0.6) is 0 Å². The zero-order valence-electron chi connectivity index (χ0n) is 9.22. The van der Waals surface area contributed by atoms with Crippen LogP contribution in [0.15, 0.2) is 58.4 Å². The molecule has 1 unspecified atom stereocenters. The fraction of sp³-hybridized carbons (Fsp3) is 0.143. The summed E-state index contributed by atoms with van der Waals surface area (Å²) < 4.78 is 0. The lowest BCUT2D eigenvalue weighted by atomic mass is 10.1. The largest absolute Gasteiger partial charge is 0.360 e. The van der Waals surface area contributed by atoms with Gasteiger partial charge in [0.1, 0.15) is 11.7 Å². The summed E-state index contributed by atoms with van der Waals surface area (Å²) in [5, 5.41) is 8.74. The van der Waals surface area contributed by atoms with Gasteiger partial charge in [-0.05, 0) is 35.3 Å². The van der Waals surface area contributed by atoms with Crippen LogP contribution >= 0.6 is 0 Å². The molecule has 2 heterocycles. The van der Waals surface area contributed by atoms with Gasteiger partial charge < -0.3 is 4.98 Å². The minimum absolute atomic E-state index is 0.157. The molecule has 1 atom stereocenters. The first-order valence-electron chi connectivity index (χ1n) is 5.79. The predicted molar refractivity (Wildman–Crippen MR) is 65.5 cm³/mol. The van der Waals surface area contributed by atoms with Crippen molar-refractivity contribution in [3.8, 4) is 0 Å². The Morgan fingerprint density at radius 2 is 2.06 bits per heavy atom. The number of aromatic nitrogens is 1. The lowest BCUT2D eigenvalue weighted by Gasteiger charge is -2.01. The number of benzene rings is 1. The Balaban J connectivity index is 1.88. The molecule has 0 saturated heterocycles. The van der Waals surface area contributed by atoms with E-state index in [1.165, 1.54) is 16.7 Å². The summed E-state index contributed by atoms with van der Waals surface area (Å²) in [7, 11) is 0. The van der Waals surface area contributed by atoms with E-state index in [0.29, 0.717) is 0 Å². The number of nitrogens with one attached hydrogen (secondary N) is 1. The van der Waals surface area contributed by atoms with E-state index in [2.05, 4.69) is 39.5 Å². The first kappa shape index (κ1) is 8.93. The average Bonchev–Trinajstić information content (AvgIpc) is 3.04. The van der Waals surface area contributed by atoms with E-state index in [9.17, 15) is 0 Å². The van der Waals surface area contributed by atoms with Crippen LogP contribution in [0, 0.1) is 0 Å². The molecule has 0 fully saturated rings. The van der Waals surface area contributed by atoms with Gasteiger partial charge in [-0.1, -0.05) is 24.3 Å². The number of azo groups is 1. The van der Waals surface area contributed by atoms with Crippen LogP contribution in [0.3, 0.4) is 0 Å². The number of hydrogen-bond acceptors (Lipinski definition) is 2. The zero-order valence-corrected chi connectivity index (χ0v) is 9.22. The van der Waals surface area contributed by atoms with Crippen LogP contribution in [-0.2, 0) is 6.42 Å². The van der Waals surface area contributed by atoms with Crippen LogP contribution in [0.2, 0.25) is 0 Å². The number of hydrogen-bond donors (Lipinski definition) is 1. The smallest absolute Gasteiger partial charge is 0.120 e. The molecule has 82 valence electrons. The molecule has 0 saturated carbocycles. The third kappa shape index (κ3) is 1.16. The molecule has 1 N–H and O–H groups in total. The average molecular weight is 221 g/mol. The summed E-state index contributed by atoms with van der Waals surface area (Å²) in [4.78, 5) is 3.21. The molecule has 17 heavy (non-hydrogen) atoms. The molecule has 0 radical (unpaired) electrons. The van der Waals surface area contributed by atoms with Gasteiger partial charge in [-0.25, -0.2) is 0 Å². The Labute approximate surface area is 98.9 Å². The number of fused-ring (bicyclic) bond motifs is 3. The number of rotatable bonds is 1. The van der Waals surface area contributed by atoms with Crippen molar-refractivity contribution >= 4 is 5.70 Å². The van der Waals surface area contributed by atoms with Crippen molar-refractivity contribution < 1.29 is 0 Å². The van der Waals surface area contributed by atoms with Crippen molar-refractivity contribution in [2.24, 2.45) is 10.2 Å². The second kappa shape index (κ2) is 3.17. The summed E-state index contributed by atoms with van der Waals surface area (Å²) in [6.45, 7) is 0. The molecule has 2 aromatic rings. The van der Waals surface area contributed by atoms with E-state index in [0.717, 1.165) is 17.8 Å². The van der Waals surface area contributed by atoms with Crippen molar-refractivity contribution in [3.63, 3.8) is 0 Å². The van der Waals surface area contributed by atoms with Gasteiger partial charge in [0, 0.05) is 6.20 Å². The van der Waals surface area contributed by atoms with Crippen molar-refractivity contribution in [2.45, 2.75) is 12.5 Å². The van der Waals surface area contributed by atoms with Gasteiger partial charge in [-0.3, -0.25) is 0 Å². The molecule has 1 aliphatic carbocycles. The highest BCUT2D eigenvalue weighted by Gasteiger charge is 2.33. The number of aromatic amines is 1. The monoisotopic (exact) mass is 221 g/mol. The van der Waals surface area contributed by atoms with E-state index in [1.807, 2.05) is 18.3 Å². The van der Waals surface area contributed by atoms with E-state index in [-0.39, 0.29) is 6.04 Å². The minimum atomic E-state index is 0.157. The van der Waals surface area contributed by atoms with Gasteiger partial charge in [-0.2, -0.15) is 10.2 Å². The molecule has 4 rings (SSSR count). The van der Waals surface area contributed by atoms with Crippen LogP contribution < -0.4 is 0 Å². The molecular formula is C14H11N3. The summed E-state index contributed by atoms with van der Waals surface area (Å²) in [6.07, 6.45) is 2.90. The SMILES string of the molecule is c1c[nH]c(C2=C3Cc4ccccc4C3N=N2)c1. The normalized spacial score (nSPS) is 20.8. The quantitative estimate of drug-likeness (QED) is 0.765. The second-order valence-corrected chi connectivity index (χ2v) is 4.45. The molecule has 0 spiro atoms. The van der Waals surface area contributed by atoms with E-state index >= 15 is 0 Å². The van der Waals surface area contributed by atoms with Gasteiger partial charge in [-0.15, -0.1) is 0 Å². The number of H-pyrrole nitrogens is 1. The van der Waals surface area contributed by atoms with Gasteiger partial charge >= 0.3 is 0 Å². The predicted octanol–water partition coefficient (Wildman–Crippen LogP) is 3.49. The lowest BCUT2D eigenvalue weighted by molar-refractivity contribution is 0.862. The highest BCUT2D eigenvalue weighted by Crippen LogP contribution is 2.46. The third-order valence-electron chi connectivity index (χ3n) is 3.49. The minimum Gasteiger partial charge on any atom is -0.360 e. The molecular weight excluding hydrogens is 210 g/mol. The maximum atomic E-state index is 4.41. The van der Waals surface area contributed by atoms with Gasteiger partial charge in [0.05, 0.1) is 5.69 Å². The Hall–Kier alpha value is -2.16. The molecule has 2 aliphatic rings. The maximum absolute atomic E-state index is 4.41. The Morgan fingerprint density at radius 3 is 2.94 bits per heavy atom. The highest BCUT2D eigenvalue weighted by molar-refractivity contribution is 5.71. The van der Waals surface area contributed by atoms with Crippen LogP contribution in [0.4, 0.5) is 0 Å². The Morgan fingerprint density at radius 1 is 1.12 bits per heavy atom. The Bertz CT molecular complexity index is 635. The first-order valence-corrected chi connectivity index (χ1v) is 5.79. The summed E-state index contributed by atoms with van der Waals surface area (Å²) in [5.41, 5.74) is 6.12. The summed E-state index contributed by atoms with van der Waals surface area (Å²) >= 11 is 0. The second-order valence-electron chi connectivity index (χ2n) is 4.45. The zero-order chi connectivity index (χ0) is 11.2. The topological polar surface area (TPSA) is 40.5 Å². The lowest BCUT2D eigenvalue weighted by Crippen LogP contribution is -1.89. The van der Waals surface area contributed by atoms with Gasteiger partial charge in [0.25, 0.3) is 0 Å². The molecule has 3 nitrogen and oxygen atoms in total. The molecule has 3 heteroatoms. The molecule has 0 bridgehead atoms. The van der Waals surface area contributed by atoms with Crippen molar-refractivity contribution in [1.82, 2.24) is 4.98 Å². The third-order valence-corrected chi connectivity index (χ3v) is 3.49. The molecule has 1 aromatic heterocycles. The van der Waals surface area contributed by atoms with Crippen molar-refractivity contribution in [1.29, 1.82) is 0 Å². The fourth-order valence-corrected chi connectivity index (χ4v) is 2.68. The Kier molecular flexibility index (Phi) is 1.66. The fourth-order valence-electron chi connectivity index (χ4n) is 2.68. The first-order chi connectivity index (χ1) is 8.43. The van der Waals surface area contributed by atoms with Crippen LogP contribution in [-0.4, -0.2) is 4.98 Å². The van der Waals surface area contributed by atoms with E-state index < -0.39 is 0 Å². The highest BCUT2D eigenvalue weighted by atomic mass is 15.2. The number of nitrogens with zero attached hydrogens (tertiary/aromatic N) is 2. The van der Waals surface area contributed by atoms with E-state index in [1.54, 1.807) is 0 Å². The van der Waals surface area contributed by atoms with Gasteiger partial charge in [0.15, 0.2) is 0 Å². The van der Waals surface area contributed by atoms with Crippen molar-refractivity contribution in [2.75, 3.05) is 0 Å².